The molecule has 1 atom stereocenters. The Hall–Kier alpha value is -3.05. The van der Waals surface area contributed by atoms with E-state index in [-0.39, 0.29) is 17.9 Å². The zero-order valence-corrected chi connectivity index (χ0v) is 22.0. The average Bonchev–Trinajstić information content (AvgIpc) is 2.82. The first-order chi connectivity index (χ1) is 16.8. The Morgan fingerprint density at radius 2 is 1.57 bits per heavy atom. The van der Waals surface area contributed by atoms with Crippen molar-refractivity contribution in [3.8, 4) is 0 Å². The van der Waals surface area contributed by atoms with Crippen LogP contribution in [-0.2, 0) is 28.3 Å². The Morgan fingerprint density at radius 3 is 2.26 bits per heavy atom. The third kappa shape index (κ3) is 8.29. The zero-order valence-electron chi connectivity index (χ0n) is 21.2. The summed E-state index contributed by atoms with van der Waals surface area (Å²) in [5.41, 5.74) is 5.65. The van der Waals surface area contributed by atoms with E-state index < -0.39 is 6.04 Å². The highest BCUT2D eigenvalue weighted by atomic mass is 32.2. The molecule has 184 valence electrons. The minimum absolute atomic E-state index is 0.00729. The molecule has 0 aliphatic carbocycles. The van der Waals surface area contributed by atoms with Gasteiger partial charge in [-0.05, 0) is 49.9 Å². The first kappa shape index (κ1) is 26.6. The van der Waals surface area contributed by atoms with Gasteiger partial charge in [-0.1, -0.05) is 84.4 Å². The van der Waals surface area contributed by atoms with Gasteiger partial charge in [-0.25, -0.2) is 0 Å². The number of rotatable bonds is 11. The van der Waals surface area contributed by atoms with Crippen LogP contribution >= 0.6 is 11.8 Å². The topological polar surface area (TPSA) is 49.4 Å². The molecule has 3 aromatic carbocycles. The smallest absolute Gasteiger partial charge is 0.243 e. The number of nitrogens with one attached hydrogen (secondary N) is 1. The van der Waals surface area contributed by atoms with Crippen molar-refractivity contribution in [2.24, 2.45) is 0 Å². The number of amides is 2. The lowest BCUT2D eigenvalue weighted by atomic mass is 10.0. The number of carbonyl (C=O) groups is 2. The summed E-state index contributed by atoms with van der Waals surface area (Å²) in [6, 6.07) is 25.7. The Bertz CT molecular complexity index is 1110. The van der Waals surface area contributed by atoms with Crippen molar-refractivity contribution in [1.29, 1.82) is 0 Å². The second-order valence-corrected chi connectivity index (χ2v) is 10.3. The first-order valence-corrected chi connectivity index (χ1v) is 13.3. The molecule has 35 heavy (non-hydrogen) atoms. The largest absolute Gasteiger partial charge is 0.352 e. The van der Waals surface area contributed by atoms with E-state index in [0.29, 0.717) is 18.7 Å². The lowest BCUT2D eigenvalue weighted by Gasteiger charge is -2.32. The van der Waals surface area contributed by atoms with Crippen LogP contribution in [0.3, 0.4) is 0 Å². The number of nitrogens with zero attached hydrogens (tertiary/aromatic N) is 1. The van der Waals surface area contributed by atoms with E-state index in [0.717, 1.165) is 22.4 Å². The van der Waals surface area contributed by atoms with Gasteiger partial charge in [-0.2, -0.15) is 0 Å². The van der Waals surface area contributed by atoms with Crippen LogP contribution < -0.4 is 5.32 Å². The molecule has 4 nitrogen and oxygen atoms in total. The van der Waals surface area contributed by atoms with E-state index in [1.54, 1.807) is 16.7 Å². The van der Waals surface area contributed by atoms with Gasteiger partial charge in [0.1, 0.15) is 6.04 Å². The second kappa shape index (κ2) is 13.1. The van der Waals surface area contributed by atoms with Gasteiger partial charge in [0.2, 0.25) is 11.8 Å². The van der Waals surface area contributed by atoms with Gasteiger partial charge < -0.3 is 10.2 Å². The normalized spacial score (nSPS) is 11.8. The summed E-state index contributed by atoms with van der Waals surface area (Å²) in [6.07, 6.45) is 0.472. The zero-order chi connectivity index (χ0) is 25.2. The molecule has 0 fully saturated rings. The summed E-state index contributed by atoms with van der Waals surface area (Å²) in [7, 11) is 0. The highest BCUT2D eigenvalue weighted by molar-refractivity contribution is 7.99. The predicted molar refractivity (Wildman–Crippen MR) is 146 cm³/mol. The third-order valence-corrected chi connectivity index (χ3v) is 6.85. The molecular formula is C30H36N2O2S. The first-order valence-electron chi connectivity index (χ1n) is 12.1. The fraction of sp³-hybridized carbons (Fsp3) is 0.333. The number of benzene rings is 3. The number of carbonyl (C=O) groups excluding carboxylic acids is 2. The highest BCUT2D eigenvalue weighted by Gasteiger charge is 2.30. The molecule has 0 aliphatic heterocycles. The van der Waals surface area contributed by atoms with Crippen LogP contribution in [0, 0.1) is 13.8 Å². The minimum atomic E-state index is -0.591. The maximum atomic E-state index is 13.7. The summed E-state index contributed by atoms with van der Waals surface area (Å²) < 4.78 is 0. The van der Waals surface area contributed by atoms with Crippen molar-refractivity contribution in [1.82, 2.24) is 10.2 Å². The van der Waals surface area contributed by atoms with Crippen molar-refractivity contribution in [3.05, 3.63) is 107 Å². The van der Waals surface area contributed by atoms with Gasteiger partial charge >= 0.3 is 0 Å². The standard InChI is InChI=1S/C30H36N2O2S/c1-22(2)31-30(34)28(18-25-13-6-5-7-14-25)32(19-26-15-10-11-23(3)17-26)29(33)21-35-20-27-16-9-8-12-24(27)4/h5-17,22,28H,18-21H2,1-4H3,(H,31,34)/t28-/m1/s1. The van der Waals surface area contributed by atoms with E-state index in [4.69, 9.17) is 0 Å². The van der Waals surface area contributed by atoms with Crippen LogP contribution in [0.15, 0.2) is 78.9 Å². The quantitative estimate of drug-likeness (QED) is 0.377. The number of thioether (sulfide) groups is 1. The molecule has 3 rings (SSSR count). The molecule has 0 radical (unpaired) electrons. The molecule has 1 N–H and O–H groups in total. The Morgan fingerprint density at radius 1 is 0.886 bits per heavy atom. The van der Waals surface area contributed by atoms with Crippen molar-refractivity contribution in [2.75, 3.05) is 5.75 Å². The molecule has 0 aliphatic rings. The van der Waals surface area contributed by atoms with E-state index in [9.17, 15) is 9.59 Å². The minimum Gasteiger partial charge on any atom is -0.352 e. The van der Waals surface area contributed by atoms with Crippen LogP contribution in [0.1, 0.15) is 41.7 Å². The van der Waals surface area contributed by atoms with Gasteiger partial charge in [0, 0.05) is 24.8 Å². The summed E-state index contributed by atoms with van der Waals surface area (Å²) in [5.74, 6) is 0.942. The van der Waals surface area contributed by atoms with Gasteiger partial charge in [0.15, 0.2) is 0 Å². The number of aryl methyl sites for hydroxylation is 2. The van der Waals surface area contributed by atoms with Gasteiger partial charge in [-0.3, -0.25) is 9.59 Å². The summed E-state index contributed by atoms with van der Waals surface area (Å²) in [6.45, 7) is 8.42. The molecule has 0 saturated heterocycles. The van der Waals surface area contributed by atoms with Crippen LogP contribution in [-0.4, -0.2) is 34.6 Å². The van der Waals surface area contributed by atoms with Crippen molar-refractivity contribution < 1.29 is 9.59 Å². The van der Waals surface area contributed by atoms with Crippen molar-refractivity contribution >= 4 is 23.6 Å². The molecule has 5 heteroatoms. The molecular weight excluding hydrogens is 452 g/mol. The predicted octanol–water partition coefficient (Wildman–Crippen LogP) is 5.70. The Balaban J connectivity index is 1.85. The molecule has 3 aromatic rings. The Labute approximate surface area is 214 Å². The summed E-state index contributed by atoms with van der Waals surface area (Å²) in [4.78, 5) is 28.8. The number of hydrogen-bond donors (Lipinski definition) is 1. The number of hydrogen-bond acceptors (Lipinski definition) is 3. The molecule has 0 bridgehead atoms. The maximum absolute atomic E-state index is 13.7. The molecule has 0 heterocycles. The molecule has 0 unspecified atom stereocenters. The maximum Gasteiger partial charge on any atom is 0.243 e. The van der Waals surface area contributed by atoms with Gasteiger partial charge in [0.05, 0.1) is 5.75 Å². The van der Waals surface area contributed by atoms with E-state index in [2.05, 4.69) is 30.4 Å². The summed E-state index contributed by atoms with van der Waals surface area (Å²) in [5, 5.41) is 3.05. The lowest BCUT2D eigenvalue weighted by Crippen LogP contribution is -2.52. The van der Waals surface area contributed by atoms with Gasteiger partial charge in [0.25, 0.3) is 0 Å². The van der Waals surface area contributed by atoms with Crippen molar-refractivity contribution in [3.63, 3.8) is 0 Å². The Kier molecular flexibility index (Phi) is 9.98. The fourth-order valence-electron chi connectivity index (χ4n) is 4.05. The van der Waals surface area contributed by atoms with E-state index in [1.807, 2.05) is 81.4 Å². The van der Waals surface area contributed by atoms with Crippen LogP contribution in [0.2, 0.25) is 0 Å². The van der Waals surface area contributed by atoms with Crippen LogP contribution in [0.5, 0.6) is 0 Å². The molecule has 0 spiro atoms. The van der Waals surface area contributed by atoms with Crippen molar-refractivity contribution in [2.45, 2.75) is 58.5 Å². The SMILES string of the molecule is Cc1cccc(CN(C(=O)CSCc2ccccc2C)[C@H](Cc2ccccc2)C(=O)NC(C)C)c1. The van der Waals surface area contributed by atoms with Crippen LogP contribution in [0.4, 0.5) is 0 Å². The van der Waals surface area contributed by atoms with E-state index >= 15 is 0 Å². The molecule has 2 amide bonds. The van der Waals surface area contributed by atoms with Gasteiger partial charge in [-0.15, -0.1) is 11.8 Å². The highest BCUT2D eigenvalue weighted by Crippen LogP contribution is 2.20. The molecule has 0 saturated carbocycles. The summed E-state index contributed by atoms with van der Waals surface area (Å²) >= 11 is 1.60. The van der Waals surface area contributed by atoms with Crippen LogP contribution in [0.25, 0.3) is 0 Å². The van der Waals surface area contributed by atoms with E-state index in [1.165, 1.54) is 11.1 Å². The lowest BCUT2D eigenvalue weighted by molar-refractivity contribution is -0.139. The fourth-order valence-corrected chi connectivity index (χ4v) is 5.03. The second-order valence-electron chi connectivity index (χ2n) is 9.30. The average molecular weight is 489 g/mol. The molecule has 0 aromatic heterocycles. The monoisotopic (exact) mass is 488 g/mol. The third-order valence-electron chi connectivity index (χ3n) is 5.88.